The minimum atomic E-state index is -0.603. The van der Waals surface area contributed by atoms with Crippen LogP contribution in [0.4, 0.5) is 0 Å². The topological polar surface area (TPSA) is 40.5 Å². The number of rotatable bonds is 3. The number of hydrogen-bond acceptors (Lipinski definition) is 2. The molecule has 3 rings (SSSR count). The van der Waals surface area contributed by atoms with Gasteiger partial charge in [-0.15, -0.1) is 0 Å². The van der Waals surface area contributed by atoms with Gasteiger partial charge in [0.05, 0.1) is 5.41 Å². The predicted molar refractivity (Wildman–Crippen MR) is 74.1 cm³/mol. The number of carbonyl (C=O) groups is 1. The van der Waals surface area contributed by atoms with E-state index in [2.05, 4.69) is 4.90 Å². The van der Waals surface area contributed by atoms with Crippen LogP contribution in [-0.2, 0) is 11.3 Å². The summed E-state index contributed by atoms with van der Waals surface area (Å²) < 4.78 is 0. The van der Waals surface area contributed by atoms with Crippen molar-refractivity contribution >= 4 is 17.6 Å². The lowest BCUT2D eigenvalue weighted by Gasteiger charge is -2.23. The van der Waals surface area contributed by atoms with Gasteiger partial charge in [0.15, 0.2) is 0 Å². The van der Waals surface area contributed by atoms with Crippen molar-refractivity contribution in [3.63, 3.8) is 0 Å². The third-order valence-corrected chi connectivity index (χ3v) is 4.94. The molecule has 0 amide bonds. The molecule has 1 aliphatic carbocycles. The first-order chi connectivity index (χ1) is 9.10. The third-order valence-electron chi connectivity index (χ3n) is 4.69. The summed E-state index contributed by atoms with van der Waals surface area (Å²) in [5, 5.41) is 10.3. The van der Waals surface area contributed by atoms with Gasteiger partial charge in [0.1, 0.15) is 0 Å². The highest BCUT2D eigenvalue weighted by Crippen LogP contribution is 2.49. The second-order valence-electron chi connectivity index (χ2n) is 5.85. The lowest BCUT2D eigenvalue weighted by Crippen LogP contribution is -2.35. The molecular weight excluding hydrogens is 262 g/mol. The molecule has 0 unspecified atom stereocenters. The number of halogens is 1. The Kier molecular flexibility index (Phi) is 3.27. The van der Waals surface area contributed by atoms with Gasteiger partial charge in [-0.3, -0.25) is 9.69 Å². The van der Waals surface area contributed by atoms with E-state index in [0.29, 0.717) is 12.5 Å². The van der Waals surface area contributed by atoms with Gasteiger partial charge in [-0.2, -0.15) is 0 Å². The lowest BCUT2D eigenvalue weighted by molar-refractivity contribution is -0.149. The van der Waals surface area contributed by atoms with Crippen LogP contribution in [0.2, 0.25) is 5.02 Å². The largest absolute Gasteiger partial charge is 0.481 e. The Morgan fingerprint density at radius 1 is 1.42 bits per heavy atom. The minimum absolute atomic E-state index is 0.331. The van der Waals surface area contributed by atoms with Crippen LogP contribution in [0.1, 0.15) is 24.8 Å². The molecule has 1 N–H and O–H groups in total. The number of carboxylic acids is 1. The molecule has 3 nitrogen and oxygen atoms in total. The summed E-state index contributed by atoms with van der Waals surface area (Å²) in [5.41, 5.74) is 0.719. The van der Waals surface area contributed by atoms with Crippen LogP contribution in [0, 0.1) is 11.3 Å². The summed E-state index contributed by atoms with van der Waals surface area (Å²) >= 11 is 5.88. The van der Waals surface area contributed by atoms with E-state index < -0.39 is 11.4 Å². The Hall–Kier alpha value is -1.06. The number of hydrogen-bond donors (Lipinski definition) is 1. The summed E-state index contributed by atoms with van der Waals surface area (Å²) in [4.78, 5) is 13.9. The Bertz CT molecular complexity index is 487. The fraction of sp³-hybridized carbons (Fsp3) is 0.533. The molecule has 1 saturated heterocycles. The first-order valence-electron chi connectivity index (χ1n) is 6.80. The highest BCUT2D eigenvalue weighted by molar-refractivity contribution is 6.30. The number of benzene rings is 1. The van der Waals surface area contributed by atoms with Crippen LogP contribution in [0.3, 0.4) is 0 Å². The molecule has 0 spiro atoms. The SMILES string of the molecule is O=C(O)[C@@]12CCC[C@H]1CN(Cc1ccc(Cl)cc1)C2. The van der Waals surface area contributed by atoms with Gasteiger partial charge in [0, 0.05) is 24.7 Å². The Labute approximate surface area is 118 Å². The maximum Gasteiger partial charge on any atom is 0.311 e. The van der Waals surface area contributed by atoms with Crippen LogP contribution in [0.15, 0.2) is 24.3 Å². The zero-order valence-corrected chi connectivity index (χ0v) is 11.6. The average Bonchev–Trinajstić information content (AvgIpc) is 2.89. The predicted octanol–water partition coefficient (Wildman–Crippen LogP) is 3.03. The zero-order chi connectivity index (χ0) is 13.5. The van der Waals surface area contributed by atoms with Crippen molar-refractivity contribution in [2.45, 2.75) is 25.8 Å². The van der Waals surface area contributed by atoms with E-state index >= 15 is 0 Å². The minimum Gasteiger partial charge on any atom is -0.481 e. The molecule has 2 fully saturated rings. The molecule has 1 aliphatic heterocycles. The summed E-state index contributed by atoms with van der Waals surface area (Å²) in [5.74, 6) is -0.272. The molecule has 0 aromatic heterocycles. The van der Waals surface area contributed by atoms with Crippen molar-refractivity contribution in [1.29, 1.82) is 0 Å². The van der Waals surface area contributed by atoms with Gasteiger partial charge in [0.25, 0.3) is 0 Å². The van der Waals surface area contributed by atoms with E-state index in [9.17, 15) is 9.90 Å². The summed E-state index contributed by atoms with van der Waals surface area (Å²) in [6, 6.07) is 7.81. The van der Waals surface area contributed by atoms with Crippen molar-refractivity contribution < 1.29 is 9.90 Å². The first-order valence-corrected chi connectivity index (χ1v) is 7.18. The van der Waals surface area contributed by atoms with E-state index in [1.165, 1.54) is 5.56 Å². The van der Waals surface area contributed by atoms with E-state index in [0.717, 1.165) is 37.4 Å². The van der Waals surface area contributed by atoms with Gasteiger partial charge in [0.2, 0.25) is 0 Å². The van der Waals surface area contributed by atoms with Gasteiger partial charge in [-0.25, -0.2) is 0 Å². The molecule has 1 heterocycles. The van der Waals surface area contributed by atoms with Crippen molar-refractivity contribution in [3.8, 4) is 0 Å². The smallest absolute Gasteiger partial charge is 0.311 e. The molecule has 2 aliphatic rings. The molecule has 2 atom stereocenters. The number of fused-ring (bicyclic) bond motifs is 1. The van der Waals surface area contributed by atoms with Gasteiger partial charge in [-0.05, 0) is 36.5 Å². The van der Waals surface area contributed by atoms with Crippen molar-refractivity contribution in [3.05, 3.63) is 34.9 Å². The van der Waals surface area contributed by atoms with Crippen molar-refractivity contribution in [1.82, 2.24) is 4.90 Å². The molecular formula is C15H18ClNO2. The molecule has 0 radical (unpaired) electrons. The average molecular weight is 280 g/mol. The Morgan fingerprint density at radius 3 is 2.79 bits per heavy atom. The monoisotopic (exact) mass is 279 g/mol. The highest BCUT2D eigenvalue weighted by atomic mass is 35.5. The fourth-order valence-corrected chi connectivity index (χ4v) is 3.84. The number of nitrogens with zero attached hydrogens (tertiary/aromatic N) is 1. The maximum absolute atomic E-state index is 11.6. The zero-order valence-electron chi connectivity index (χ0n) is 10.8. The quantitative estimate of drug-likeness (QED) is 0.925. The number of aliphatic carboxylic acids is 1. The van der Waals surface area contributed by atoms with E-state index in [1.807, 2.05) is 24.3 Å². The molecule has 19 heavy (non-hydrogen) atoms. The Balaban J connectivity index is 1.72. The van der Waals surface area contributed by atoms with E-state index in [4.69, 9.17) is 11.6 Å². The van der Waals surface area contributed by atoms with Crippen LogP contribution in [0.25, 0.3) is 0 Å². The molecule has 102 valence electrons. The third kappa shape index (κ3) is 2.26. The van der Waals surface area contributed by atoms with Gasteiger partial charge < -0.3 is 5.11 Å². The first kappa shape index (κ1) is 12.9. The van der Waals surface area contributed by atoms with Crippen molar-refractivity contribution in [2.75, 3.05) is 13.1 Å². The maximum atomic E-state index is 11.6. The molecule has 1 saturated carbocycles. The normalized spacial score (nSPS) is 30.5. The van der Waals surface area contributed by atoms with Crippen molar-refractivity contribution in [2.24, 2.45) is 11.3 Å². The number of carboxylic acid groups (broad SMARTS) is 1. The highest BCUT2D eigenvalue weighted by Gasteiger charge is 2.54. The lowest BCUT2D eigenvalue weighted by atomic mass is 9.81. The van der Waals surface area contributed by atoms with Crippen LogP contribution >= 0.6 is 11.6 Å². The van der Waals surface area contributed by atoms with Gasteiger partial charge >= 0.3 is 5.97 Å². The summed E-state index contributed by atoms with van der Waals surface area (Å²) in [7, 11) is 0. The summed E-state index contributed by atoms with van der Waals surface area (Å²) in [6.45, 7) is 2.42. The van der Waals surface area contributed by atoms with Crippen LogP contribution in [-0.4, -0.2) is 29.1 Å². The van der Waals surface area contributed by atoms with Gasteiger partial charge in [-0.1, -0.05) is 30.2 Å². The second kappa shape index (κ2) is 4.80. The molecule has 0 bridgehead atoms. The molecule has 4 heteroatoms. The van der Waals surface area contributed by atoms with E-state index in [1.54, 1.807) is 0 Å². The molecule has 1 aromatic rings. The number of likely N-dealkylation sites (tertiary alicyclic amines) is 1. The fourth-order valence-electron chi connectivity index (χ4n) is 3.71. The van der Waals surface area contributed by atoms with E-state index in [-0.39, 0.29) is 0 Å². The van der Waals surface area contributed by atoms with Crippen LogP contribution < -0.4 is 0 Å². The van der Waals surface area contributed by atoms with Crippen LogP contribution in [0.5, 0.6) is 0 Å². The summed E-state index contributed by atoms with van der Waals surface area (Å²) in [6.07, 6.45) is 2.96. The molecule has 1 aromatic carbocycles. The Morgan fingerprint density at radius 2 is 2.16 bits per heavy atom. The second-order valence-corrected chi connectivity index (χ2v) is 6.28. The standard InChI is InChI=1S/C15H18ClNO2/c16-13-5-3-11(4-6-13)8-17-9-12-2-1-7-15(12,10-17)14(18)19/h3-6,12H,1-2,7-10H2,(H,18,19)/t12-,15+/m0/s1.